The van der Waals surface area contributed by atoms with Crippen LogP contribution in [0, 0.1) is 0 Å². The highest BCUT2D eigenvalue weighted by atomic mass is 32.1. The van der Waals surface area contributed by atoms with Gasteiger partial charge in [-0.3, -0.25) is 4.99 Å². The highest BCUT2D eigenvalue weighted by Gasteiger charge is 2.39. The molecule has 1 aliphatic heterocycles. The maximum atomic E-state index is 5.71. The van der Waals surface area contributed by atoms with E-state index in [4.69, 9.17) is 5.73 Å². The smallest absolute Gasteiger partial charge is 0.264 e. The van der Waals surface area contributed by atoms with Crippen LogP contribution >= 0.6 is 11.3 Å². The van der Waals surface area contributed by atoms with Gasteiger partial charge in [0.1, 0.15) is 11.7 Å². The molecule has 0 spiro atoms. The number of hydrogen-bond acceptors (Lipinski definition) is 3. The first kappa shape index (κ1) is 18.7. The molecule has 0 radical (unpaired) electrons. The number of nitrogens with two attached hydrogens (primary N) is 1. The molecule has 1 aliphatic rings. The monoisotopic (exact) mass is 391 g/mol. The van der Waals surface area contributed by atoms with Crippen molar-refractivity contribution < 1.29 is 4.57 Å². The molecule has 144 valence electrons. The van der Waals surface area contributed by atoms with E-state index in [-0.39, 0.29) is 5.41 Å². The minimum atomic E-state index is -0.0786. The van der Waals surface area contributed by atoms with Crippen molar-refractivity contribution >= 4 is 39.2 Å². The van der Waals surface area contributed by atoms with Crippen molar-refractivity contribution in [1.29, 1.82) is 0 Å². The zero-order valence-corrected chi connectivity index (χ0v) is 18.0. The van der Waals surface area contributed by atoms with Crippen molar-refractivity contribution in [3.63, 3.8) is 0 Å². The quantitative estimate of drug-likeness (QED) is 0.409. The molecule has 2 heterocycles. The van der Waals surface area contributed by atoms with Gasteiger partial charge >= 0.3 is 0 Å². The number of hydrogen-bond donors (Lipinski definition) is 1. The Morgan fingerprint density at radius 2 is 2.00 bits per heavy atom. The van der Waals surface area contributed by atoms with E-state index in [1.807, 2.05) is 18.3 Å². The summed E-state index contributed by atoms with van der Waals surface area (Å²) in [5, 5.41) is 1.26. The Balaban J connectivity index is 1.78. The Morgan fingerprint density at radius 1 is 1.25 bits per heavy atom. The third-order valence-corrected chi connectivity index (χ3v) is 6.81. The van der Waals surface area contributed by atoms with Crippen LogP contribution in [0.25, 0.3) is 16.3 Å². The second-order valence-electron chi connectivity index (χ2n) is 7.99. The fourth-order valence-corrected chi connectivity index (χ4v) is 5.11. The van der Waals surface area contributed by atoms with Crippen molar-refractivity contribution in [1.82, 2.24) is 0 Å². The first-order chi connectivity index (χ1) is 13.3. The number of thiazole rings is 1. The molecule has 0 bridgehead atoms. The maximum absolute atomic E-state index is 5.71. The van der Waals surface area contributed by atoms with Crippen LogP contribution in [0.5, 0.6) is 0 Å². The molecular weight excluding hydrogens is 364 g/mol. The van der Waals surface area contributed by atoms with Crippen molar-refractivity contribution in [2.24, 2.45) is 17.8 Å². The molecule has 0 atom stereocenters. The minimum absolute atomic E-state index is 0.0786. The second kappa shape index (κ2) is 6.74. The lowest BCUT2D eigenvalue weighted by molar-refractivity contribution is -0.642. The number of amidine groups is 1. The van der Waals surface area contributed by atoms with E-state index in [1.165, 1.54) is 37.7 Å². The molecule has 4 rings (SSSR count). The number of para-hydroxylation sites is 1. The number of nitrogens with zero attached hydrogens (tertiary/aromatic N) is 3. The van der Waals surface area contributed by atoms with Crippen molar-refractivity contribution in [3.05, 3.63) is 64.3 Å². The van der Waals surface area contributed by atoms with Gasteiger partial charge in [0.25, 0.3) is 5.01 Å². The van der Waals surface area contributed by atoms with E-state index in [2.05, 4.69) is 90.9 Å². The third kappa shape index (κ3) is 3.00. The number of anilines is 1. The van der Waals surface area contributed by atoms with Crippen LogP contribution in [0.2, 0.25) is 0 Å². The van der Waals surface area contributed by atoms with Crippen LogP contribution < -0.4 is 15.2 Å². The Hall–Kier alpha value is -2.66. The van der Waals surface area contributed by atoms with Crippen molar-refractivity contribution in [2.75, 3.05) is 11.9 Å². The molecule has 1 aromatic heterocycles. The summed E-state index contributed by atoms with van der Waals surface area (Å²) in [6.45, 7) is 7.06. The Kier molecular flexibility index (Phi) is 4.50. The van der Waals surface area contributed by atoms with Gasteiger partial charge in [0.05, 0.1) is 12.4 Å². The normalized spacial score (nSPS) is 17.5. The van der Waals surface area contributed by atoms with Crippen LogP contribution in [0.3, 0.4) is 0 Å². The summed E-state index contributed by atoms with van der Waals surface area (Å²) >= 11 is 1.83. The summed E-state index contributed by atoms with van der Waals surface area (Å²) in [5.41, 5.74) is 12.0. The molecule has 2 aromatic carbocycles. The Labute approximate surface area is 170 Å². The van der Waals surface area contributed by atoms with Crippen LogP contribution in [0.1, 0.15) is 36.9 Å². The number of aliphatic imine (C=N–C) groups is 1. The third-order valence-electron chi connectivity index (χ3n) is 5.64. The molecular formula is C23H27N4S+. The largest absolute Gasteiger partial charge is 0.388 e. The number of aryl methyl sites for hydroxylation is 1. The summed E-state index contributed by atoms with van der Waals surface area (Å²) in [6.07, 6.45) is 2.34. The van der Waals surface area contributed by atoms with E-state index in [0.29, 0.717) is 12.4 Å². The van der Waals surface area contributed by atoms with Gasteiger partial charge in [0.2, 0.25) is 5.52 Å². The topological polar surface area (TPSA) is 45.5 Å². The average molecular weight is 392 g/mol. The molecule has 0 fully saturated rings. The first-order valence-electron chi connectivity index (χ1n) is 9.52. The molecule has 0 aliphatic carbocycles. The number of benzene rings is 2. The molecule has 0 unspecified atom stereocenters. The number of allylic oxidation sites excluding steroid dienone is 1. The molecule has 3 aromatic rings. The SMILES string of the molecule is CC(N)=NCc1ccc2c(c1)C(C)(C)C(=Cc1sc3ccccc3[n+]1C)N2C. The zero-order chi connectivity index (χ0) is 20.1. The summed E-state index contributed by atoms with van der Waals surface area (Å²) in [4.78, 5) is 6.69. The lowest BCUT2D eigenvalue weighted by atomic mass is 9.83. The Bertz CT molecular complexity index is 1120. The highest BCUT2D eigenvalue weighted by Crippen LogP contribution is 2.48. The van der Waals surface area contributed by atoms with Crippen molar-refractivity contribution in [3.8, 4) is 0 Å². The van der Waals surface area contributed by atoms with Gasteiger partial charge in [-0.2, -0.15) is 4.57 Å². The summed E-state index contributed by atoms with van der Waals surface area (Å²) in [6, 6.07) is 15.2. The van der Waals surface area contributed by atoms with E-state index in [0.717, 1.165) is 0 Å². The van der Waals surface area contributed by atoms with Crippen LogP contribution in [0.4, 0.5) is 5.69 Å². The number of aromatic nitrogens is 1. The van der Waals surface area contributed by atoms with Gasteiger partial charge in [-0.1, -0.05) is 49.4 Å². The molecule has 0 amide bonds. The van der Waals surface area contributed by atoms with E-state index >= 15 is 0 Å². The molecule has 5 heteroatoms. The lowest BCUT2D eigenvalue weighted by Crippen LogP contribution is -2.30. The van der Waals surface area contributed by atoms with Gasteiger partial charge in [0, 0.05) is 36.0 Å². The summed E-state index contributed by atoms with van der Waals surface area (Å²) in [7, 11) is 4.31. The van der Waals surface area contributed by atoms with Crippen LogP contribution in [-0.2, 0) is 19.0 Å². The van der Waals surface area contributed by atoms with Gasteiger partial charge in [0.15, 0.2) is 0 Å². The lowest BCUT2D eigenvalue weighted by Gasteiger charge is -2.23. The second-order valence-corrected chi connectivity index (χ2v) is 9.05. The Morgan fingerprint density at radius 3 is 2.71 bits per heavy atom. The zero-order valence-electron chi connectivity index (χ0n) is 17.2. The highest BCUT2D eigenvalue weighted by molar-refractivity contribution is 7.18. The average Bonchev–Trinajstić information content (AvgIpc) is 3.08. The molecule has 0 saturated heterocycles. The van der Waals surface area contributed by atoms with E-state index < -0.39 is 0 Å². The predicted octanol–water partition coefficient (Wildman–Crippen LogP) is 4.37. The molecule has 4 nitrogen and oxygen atoms in total. The van der Waals surface area contributed by atoms with Crippen LogP contribution in [-0.4, -0.2) is 12.9 Å². The van der Waals surface area contributed by atoms with E-state index in [1.54, 1.807) is 0 Å². The van der Waals surface area contributed by atoms with Crippen molar-refractivity contribution in [2.45, 2.75) is 32.7 Å². The summed E-state index contributed by atoms with van der Waals surface area (Å²) in [5.74, 6) is 0.620. The van der Waals surface area contributed by atoms with Gasteiger partial charge < -0.3 is 10.6 Å². The minimum Gasteiger partial charge on any atom is -0.388 e. The number of rotatable bonds is 3. The van der Waals surface area contributed by atoms with Gasteiger partial charge in [-0.25, -0.2) is 0 Å². The van der Waals surface area contributed by atoms with Gasteiger partial charge in [-0.05, 0) is 30.2 Å². The number of likely N-dealkylation sites (N-methyl/N-ethyl adjacent to an activating group) is 1. The summed E-state index contributed by atoms with van der Waals surface area (Å²) < 4.78 is 3.59. The number of fused-ring (bicyclic) bond motifs is 2. The first-order valence-corrected chi connectivity index (χ1v) is 10.3. The van der Waals surface area contributed by atoms with Crippen LogP contribution in [0.15, 0.2) is 53.2 Å². The molecule has 28 heavy (non-hydrogen) atoms. The van der Waals surface area contributed by atoms with E-state index in [9.17, 15) is 0 Å². The van der Waals surface area contributed by atoms with Gasteiger partial charge in [-0.15, -0.1) is 0 Å². The predicted molar refractivity (Wildman–Crippen MR) is 120 cm³/mol. The fraction of sp³-hybridized carbons (Fsp3) is 0.304. The fourth-order valence-electron chi connectivity index (χ4n) is 4.02. The maximum Gasteiger partial charge on any atom is 0.264 e. The standard InChI is InChI=1S/C23H27N4S/c1-15(24)25-14-16-10-11-18-17(12-16)23(2,3)21(26(18)4)13-22-27(5)19-8-6-7-9-20(19)28-22/h6-13H,14H2,1-5H3,(H2,24,25)/q+1. The molecule has 2 N–H and O–H groups in total. The molecule has 0 saturated carbocycles.